The highest BCUT2D eigenvalue weighted by molar-refractivity contribution is 7.16. The van der Waals surface area contributed by atoms with Crippen molar-refractivity contribution >= 4 is 38.4 Å². The average Bonchev–Trinajstić information content (AvgIpc) is 3.04. The molecule has 2 aromatic carbocycles. The van der Waals surface area contributed by atoms with Gasteiger partial charge in [-0.25, -0.2) is 4.79 Å². The Balaban J connectivity index is 1.88. The number of para-hydroxylation sites is 2. The lowest BCUT2D eigenvalue weighted by Gasteiger charge is -2.06. The number of carbonyl (C=O) groups is 1. The van der Waals surface area contributed by atoms with Crippen LogP contribution in [0, 0.1) is 6.92 Å². The van der Waals surface area contributed by atoms with Gasteiger partial charge >= 0.3 is 5.63 Å². The summed E-state index contributed by atoms with van der Waals surface area (Å²) in [5.41, 5.74) is 1.78. The molecular weight excluding hydrogens is 376 g/mol. The summed E-state index contributed by atoms with van der Waals surface area (Å²) in [4.78, 5) is 29.9. The molecule has 2 aromatic heterocycles. The molecule has 2 heterocycles. The van der Waals surface area contributed by atoms with E-state index in [2.05, 4.69) is 4.99 Å². The van der Waals surface area contributed by atoms with Crippen LogP contribution in [-0.2, 0) is 11.3 Å². The number of aryl methyl sites for hydroxylation is 1. The molecule has 0 atom stereocenters. The summed E-state index contributed by atoms with van der Waals surface area (Å²) in [5.74, 6) is -0.616. The fourth-order valence-electron chi connectivity index (χ4n) is 3.14. The normalized spacial score (nSPS) is 12.1. The van der Waals surface area contributed by atoms with Gasteiger partial charge in [-0.1, -0.05) is 41.7 Å². The molecule has 4 aromatic rings. The predicted molar refractivity (Wildman–Crippen MR) is 109 cm³/mol. The van der Waals surface area contributed by atoms with E-state index in [9.17, 15) is 9.59 Å². The Bertz CT molecular complexity index is 1310. The fourth-order valence-corrected chi connectivity index (χ4v) is 4.27. The molecule has 142 valence electrons. The van der Waals surface area contributed by atoms with Crippen molar-refractivity contribution in [1.82, 2.24) is 4.57 Å². The number of fused-ring (bicyclic) bond motifs is 2. The summed E-state index contributed by atoms with van der Waals surface area (Å²) in [7, 11) is 1.63. The van der Waals surface area contributed by atoms with E-state index in [1.807, 2.05) is 35.8 Å². The third-order valence-electron chi connectivity index (χ3n) is 4.49. The Morgan fingerprint density at radius 2 is 2.04 bits per heavy atom. The number of hydrogen-bond acceptors (Lipinski definition) is 5. The summed E-state index contributed by atoms with van der Waals surface area (Å²) in [5, 5.41) is 0.681. The molecule has 0 fully saturated rings. The molecule has 7 heteroatoms. The summed E-state index contributed by atoms with van der Waals surface area (Å²) >= 11 is 1.41. The van der Waals surface area contributed by atoms with E-state index < -0.39 is 11.5 Å². The number of carbonyl (C=O) groups excluding carboxylic acids is 1. The first-order valence-corrected chi connectivity index (χ1v) is 9.60. The largest absolute Gasteiger partial charge is 0.422 e. The van der Waals surface area contributed by atoms with Crippen LogP contribution in [0.3, 0.4) is 0 Å². The van der Waals surface area contributed by atoms with Gasteiger partial charge in [-0.05, 0) is 30.7 Å². The van der Waals surface area contributed by atoms with E-state index in [0.717, 1.165) is 15.8 Å². The Kier molecular flexibility index (Phi) is 4.93. The molecule has 0 bridgehead atoms. The SMILES string of the molecule is COCCn1c(=NC(=O)c2cc3ccccc3oc2=O)sc2cccc(C)c21. The zero-order valence-corrected chi connectivity index (χ0v) is 16.3. The molecule has 4 rings (SSSR count). The van der Waals surface area contributed by atoms with E-state index in [4.69, 9.17) is 9.15 Å². The van der Waals surface area contributed by atoms with Crippen molar-refractivity contribution in [3.8, 4) is 0 Å². The number of methoxy groups -OCH3 is 1. The number of rotatable bonds is 4. The second-order valence-corrected chi connectivity index (χ2v) is 7.36. The van der Waals surface area contributed by atoms with Crippen molar-refractivity contribution in [1.29, 1.82) is 0 Å². The van der Waals surface area contributed by atoms with Crippen LogP contribution in [0.1, 0.15) is 15.9 Å². The van der Waals surface area contributed by atoms with Gasteiger partial charge in [-0.3, -0.25) is 4.79 Å². The fraction of sp³-hybridized carbons (Fsp3) is 0.190. The Labute approximate surface area is 164 Å². The number of hydrogen-bond donors (Lipinski definition) is 0. The van der Waals surface area contributed by atoms with Crippen LogP contribution in [0.2, 0.25) is 0 Å². The van der Waals surface area contributed by atoms with E-state index in [1.54, 1.807) is 25.3 Å². The maximum atomic E-state index is 12.8. The number of amides is 1. The topological polar surface area (TPSA) is 73.8 Å². The lowest BCUT2D eigenvalue weighted by Crippen LogP contribution is -2.21. The molecule has 0 aliphatic rings. The van der Waals surface area contributed by atoms with Crippen LogP contribution >= 0.6 is 11.3 Å². The summed E-state index contributed by atoms with van der Waals surface area (Å²) in [6, 6.07) is 14.6. The third-order valence-corrected chi connectivity index (χ3v) is 5.53. The van der Waals surface area contributed by atoms with Gasteiger partial charge in [0.25, 0.3) is 5.91 Å². The van der Waals surface area contributed by atoms with Crippen molar-refractivity contribution in [3.05, 3.63) is 74.9 Å². The molecule has 1 amide bonds. The molecule has 0 saturated carbocycles. The number of benzene rings is 2. The predicted octanol–water partition coefficient (Wildman–Crippen LogP) is 3.51. The van der Waals surface area contributed by atoms with Crippen molar-refractivity contribution in [2.24, 2.45) is 4.99 Å². The van der Waals surface area contributed by atoms with Crippen LogP contribution in [0.5, 0.6) is 0 Å². The quantitative estimate of drug-likeness (QED) is 0.497. The van der Waals surface area contributed by atoms with Crippen LogP contribution < -0.4 is 10.4 Å². The van der Waals surface area contributed by atoms with E-state index in [-0.39, 0.29) is 5.56 Å². The second kappa shape index (κ2) is 7.53. The summed E-state index contributed by atoms with van der Waals surface area (Å²) in [6.07, 6.45) is 0. The summed E-state index contributed by atoms with van der Waals surface area (Å²) in [6.45, 7) is 3.06. The van der Waals surface area contributed by atoms with Gasteiger partial charge in [-0.2, -0.15) is 4.99 Å². The Morgan fingerprint density at radius 3 is 2.86 bits per heavy atom. The van der Waals surface area contributed by atoms with Crippen LogP contribution in [0.15, 0.2) is 62.7 Å². The van der Waals surface area contributed by atoms with E-state index >= 15 is 0 Å². The number of aromatic nitrogens is 1. The first kappa shape index (κ1) is 18.3. The number of ether oxygens (including phenoxy) is 1. The Hall–Kier alpha value is -3.03. The lowest BCUT2D eigenvalue weighted by atomic mass is 10.2. The van der Waals surface area contributed by atoms with Gasteiger partial charge in [0, 0.05) is 19.0 Å². The number of thiazole rings is 1. The molecule has 0 saturated heterocycles. The highest BCUT2D eigenvalue weighted by Crippen LogP contribution is 2.21. The zero-order valence-electron chi connectivity index (χ0n) is 15.5. The lowest BCUT2D eigenvalue weighted by molar-refractivity contribution is 0.0994. The highest BCUT2D eigenvalue weighted by Gasteiger charge is 2.15. The number of nitrogens with zero attached hydrogens (tertiary/aromatic N) is 2. The minimum atomic E-state index is -0.687. The van der Waals surface area contributed by atoms with Gasteiger partial charge in [0.05, 0.1) is 16.8 Å². The average molecular weight is 394 g/mol. The second-order valence-electron chi connectivity index (χ2n) is 6.35. The van der Waals surface area contributed by atoms with Gasteiger partial charge < -0.3 is 13.7 Å². The van der Waals surface area contributed by atoms with Crippen molar-refractivity contribution < 1.29 is 13.9 Å². The minimum absolute atomic E-state index is 0.0776. The van der Waals surface area contributed by atoms with E-state index in [0.29, 0.717) is 28.9 Å². The highest BCUT2D eigenvalue weighted by atomic mass is 32.1. The molecular formula is C21H18N2O4S. The molecule has 0 aliphatic heterocycles. The standard InChI is InChI=1S/C21H18N2O4S/c1-13-6-5-9-17-18(13)23(10-11-26-2)21(28-17)22-19(24)15-12-14-7-3-4-8-16(14)27-20(15)25/h3-9,12H,10-11H2,1-2H3. The van der Waals surface area contributed by atoms with Crippen molar-refractivity contribution in [3.63, 3.8) is 0 Å². The monoisotopic (exact) mass is 394 g/mol. The van der Waals surface area contributed by atoms with Crippen molar-refractivity contribution in [2.45, 2.75) is 13.5 Å². The molecule has 0 aliphatic carbocycles. The van der Waals surface area contributed by atoms with Gasteiger partial charge in [-0.15, -0.1) is 0 Å². The first-order chi connectivity index (χ1) is 13.6. The van der Waals surface area contributed by atoms with Crippen LogP contribution in [0.4, 0.5) is 0 Å². The molecule has 0 unspecified atom stereocenters. The zero-order chi connectivity index (χ0) is 19.7. The van der Waals surface area contributed by atoms with E-state index in [1.165, 1.54) is 17.4 Å². The van der Waals surface area contributed by atoms with Crippen molar-refractivity contribution in [2.75, 3.05) is 13.7 Å². The maximum absolute atomic E-state index is 12.8. The molecule has 0 N–H and O–H groups in total. The van der Waals surface area contributed by atoms with Gasteiger partial charge in [0.2, 0.25) is 0 Å². The third kappa shape index (κ3) is 3.30. The molecule has 6 nitrogen and oxygen atoms in total. The molecule has 28 heavy (non-hydrogen) atoms. The first-order valence-electron chi connectivity index (χ1n) is 8.78. The smallest absolute Gasteiger partial charge is 0.349 e. The molecule has 0 radical (unpaired) electrons. The van der Waals surface area contributed by atoms with Gasteiger partial charge in [0.15, 0.2) is 4.80 Å². The molecule has 0 spiro atoms. The maximum Gasteiger partial charge on any atom is 0.349 e. The summed E-state index contributed by atoms with van der Waals surface area (Å²) < 4.78 is 13.5. The van der Waals surface area contributed by atoms with Crippen LogP contribution in [-0.4, -0.2) is 24.2 Å². The van der Waals surface area contributed by atoms with Gasteiger partial charge in [0.1, 0.15) is 11.1 Å². The minimum Gasteiger partial charge on any atom is -0.422 e. The Morgan fingerprint density at radius 1 is 1.21 bits per heavy atom. The van der Waals surface area contributed by atoms with Crippen LogP contribution in [0.25, 0.3) is 21.2 Å².